The number of hydrogen-bond donors (Lipinski definition) is 0. The van der Waals surface area contributed by atoms with Crippen LogP contribution in [0.5, 0.6) is 0 Å². The molecule has 2 heteroatoms. The Morgan fingerprint density at radius 1 is 1.20 bits per heavy atom. The minimum atomic E-state index is 0. The molecule has 1 heterocycles. The zero-order valence-corrected chi connectivity index (χ0v) is 5.39. The molecular formula is C8H21NO. The molecule has 0 radical (unpaired) electrons. The van der Waals surface area contributed by atoms with E-state index in [9.17, 15) is 0 Å². The topological polar surface area (TPSA) is 12.5 Å². The lowest BCUT2D eigenvalue weighted by Gasteiger charge is -2.24. The van der Waals surface area contributed by atoms with Crippen LogP contribution in [-0.4, -0.2) is 37.7 Å². The fourth-order valence-electron chi connectivity index (χ4n) is 0.917. The summed E-state index contributed by atoms with van der Waals surface area (Å²) < 4.78 is 5.16. The van der Waals surface area contributed by atoms with Gasteiger partial charge in [0.1, 0.15) is 0 Å². The van der Waals surface area contributed by atoms with Crippen molar-refractivity contribution < 1.29 is 4.74 Å². The highest BCUT2D eigenvalue weighted by molar-refractivity contribution is 4.57. The van der Waals surface area contributed by atoms with Gasteiger partial charge in [0.15, 0.2) is 0 Å². The Labute approximate surface area is 65.2 Å². The molecule has 64 valence electrons. The van der Waals surface area contributed by atoms with Gasteiger partial charge in [0.25, 0.3) is 0 Å². The predicted molar refractivity (Wildman–Crippen MR) is 46.4 cm³/mol. The Hall–Kier alpha value is -0.0800. The van der Waals surface area contributed by atoms with Gasteiger partial charge in [0.2, 0.25) is 0 Å². The maximum atomic E-state index is 5.16. The van der Waals surface area contributed by atoms with Gasteiger partial charge >= 0.3 is 0 Å². The molecule has 1 aliphatic rings. The van der Waals surface area contributed by atoms with Gasteiger partial charge in [0.05, 0.1) is 13.2 Å². The molecule has 0 aromatic rings. The molecule has 0 aromatic carbocycles. The van der Waals surface area contributed by atoms with Gasteiger partial charge in [-0.3, -0.25) is 4.90 Å². The summed E-state index contributed by atoms with van der Waals surface area (Å²) in [6, 6.07) is 0. The summed E-state index contributed by atoms with van der Waals surface area (Å²) in [5.74, 6) is 0. The smallest absolute Gasteiger partial charge is 0.0594 e. The van der Waals surface area contributed by atoms with Crippen LogP contribution in [-0.2, 0) is 4.74 Å². The normalized spacial score (nSPS) is 18.9. The highest BCUT2D eigenvalue weighted by Crippen LogP contribution is 1.93. The van der Waals surface area contributed by atoms with Crippen molar-refractivity contribution >= 4 is 0 Å². The van der Waals surface area contributed by atoms with Crippen molar-refractivity contribution in [1.82, 2.24) is 4.90 Å². The number of morpholine rings is 1. The molecule has 0 N–H and O–H groups in total. The second kappa shape index (κ2) is 7.03. The van der Waals surface area contributed by atoms with E-state index in [1.54, 1.807) is 0 Å². The van der Waals surface area contributed by atoms with Gasteiger partial charge in [-0.1, -0.05) is 21.8 Å². The van der Waals surface area contributed by atoms with Crippen molar-refractivity contribution in [3.05, 3.63) is 0 Å². The zero-order valence-electron chi connectivity index (χ0n) is 5.39. The molecule has 1 fully saturated rings. The summed E-state index contributed by atoms with van der Waals surface area (Å²) in [5, 5.41) is 0. The average Bonchev–Trinajstić information content (AvgIpc) is 1.90. The zero-order chi connectivity index (χ0) is 5.82. The van der Waals surface area contributed by atoms with Gasteiger partial charge in [-0.25, -0.2) is 0 Å². The second-order valence-corrected chi connectivity index (χ2v) is 2.05. The molecule has 0 unspecified atom stereocenters. The number of likely N-dealkylation sites (N-methyl/N-ethyl adjacent to an activating group) is 1. The maximum absolute atomic E-state index is 5.16. The van der Waals surface area contributed by atoms with E-state index in [0.717, 1.165) is 26.3 Å². The van der Waals surface area contributed by atoms with Crippen LogP contribution in [0.2, 0.25) is 0 Å². The summed E-state index contributed by atoms with van der Waals surface area (Å²) in [6.07, 6.45) is 0. The molecule has 0 saturated carbocycles. The van der Waals surface area contributed by atoms with Crippen LogP contribution in [0.25, 0.3) is 0 Å². The first kappa shape index (κ1) is 12.6. The molecule has 0 aliphatic carbocycles. The summed E-state index contributed by atoms with van der Waals surface area (Å²) in [5.41, 5.74) is 0. The third-order valence-electron chi connectivity index (χ3n) is 1.55. The first-order valence-corrected chi connectivity index (χ1v) is 3.23. The van der Waals surface area contributed by atoms with Crippen LogP contribution in [0.15, 0.2) is 0 Å². The molecule has 0 amide bonds. The number of hydrogen-bond acceptors (Lipinski definition) is 2. The largest absolute Gasteiger partial charge is 0.379 e. The van der Waals surface area contributed by atoms with Crippen molar-refractivity contribution in [1.29, 1.82) is 0 Å². The molecule has 1 rings (SSSR count). The Morgan fingerprint density at radius 2 is 1.70 bits per heavy atom. The van der Waals surface area contributed by atoms with E-state index in [0.29, 0.717) is 0 Å². The van der Waals surface area contributed by atoms with E-state index in [4.69, 9.17) is 4.74 Å². The number of nitrogens with zero attached hydrogens (tertiary/aromatic N) is 1. The van der Waals surface area contributed by atoms with Crippen molar-refractivity contribution in [3.63, 3.8) is 0 Å². The van der Waals surface area contributed by atoms with Crippen LogP contribution in [0.4, 0.5) is 0 Å². The summed E-state index contributed by atoms with van der Waals surface area (Å²) in [7, 11) is 0. The molecule has 0 spiro atoms. The lowest BCUT2D eigenvalue weighted by atomic mass is 10.4. The number of rotatable bonds is 1. The molecule has 2 nitrogen and oxygen atoms in total. The van der Waals surface area contributed by atoms with Gasteiger partial charge in [-0.05, 0) is 6.54 Å². The van der Waals surface area contributed by atoms with E-state index in [1.165, 1.54) is 6.54 Å². The van der Waals surface area contributed by atoms with E-state index in [1.807, 2.05) is 0 Å². The Balaban J connectivity index is 0. The van der Waals surface area contributed by atoms with Crippen molar-refractivity contribution in [2.75, 3.05) is 32.8 Å². The van der Waals surface area contributed by atoms with Gasteiger partial charge in [-0.2, -0.15) is 0 Å². The Bertz CT molecular complexity index is 60.3. The second-order valence-electron chi connectivity index (χ2n) is 2.05. The molecule has 0 atom stereocenters. The Morgan fingerprint density at radius 3 is 2.00 bits per heavy atom. The summed E-state index contributed by atoms with van der Waals surface area (Å²) in [4.78, 5) is 2.39. The predicted octanol–water partition coefficient (Wildman–Crippen LogP) is 1.61. The molecule has 10 heavy (non-hydrogen) atoms. The summed E-state index contributed by atoms with van der Waals surface area (Å²) in [6.45, 7) is 7.45. The van der Waals surface area contributed by atoms with E-state index in [-0.39, 0.29) is 14.9 Å². The summed E-state index contributed by atoms with van der Waals surface area (Å²) >= 11 is 0. The highest BCUT2D eigenvalue weighted by Gasteiger charge is 2.05. The fraction of sp³-hybridized carbons (Fsp3) is 1.00. The van der Waals surface area contributed by atoms with Crippen LogP contribution < -0.4 is 0 Å². The molecular weight excluding hydrogens is 126 g/mol. The lowest BCUT2D eigenvalue weighted by Crippen LogP contribution is -2.35. The maximum Gasteiger partial charge on any atom is 0.0594 e. The SMILES string of the molecule is C.C.CCN1CCOCC1. The molecule has 1 saturated heterocycles. The monoisotopic (exact) mass is 147 g/mol. The molecule has 0 bridgehead atoms. The van der Waals surface area contributed by atoms with Crippen LogP contribution >= 0.6 is 0 Å². The number of ether oxygens (including phenoxy) is 1. The van der Waals surface area contributed by atoms with Crippen LogP contribution in [0.1, 0.15) is 21.8 Å². The molecule has 1 aliphatic heterocycles. The van der Waals surface area contributed by atoms with Gasteiger partial charge in [-0.15, -0.1) is 0 Å². The quantitative estimate of drug-likeness (QED) is 0.558. The van der Waals surface area contributed by atoms with Crippen molar-refractivity contribution in [2.45, 2.75) is 21.8 Å². The average molecular weight is 147 g/mol. The van der Waals surface area contributed by atoms with E-state index in [2.05, 4.69) is 11.8 Å². The van der Waals surface area contributed by atoms with Crippen LogP contribution in [0, 0.1) is 0 Å². The van der Waals surface area contributed by atoms with Gasteiger partial charge < -0.3 is 4.74 Å². The van der Waals surface area contributed by atoms with Crippen LogP contribution in [0.3, 0.4) is 0 Å². The third-order valence-corrected chi connectivity index (χ3v) is 1.55. The van der Waals surface area contributed by atoms with Crippen molar-refractivity contribution in [3.8, 4) is 0 Å². The third kappa shape index (κ3) is 3.85. The lowest BCUT2D eigenvalue weighted by molar-refractivity contribution is 0.0405. The Kier molecular flexibility index (Phi) is 8.85. The van der Waals surface area contributed by atoms with E-state index >= 15 is 0 Å². The van der Waals surface area contributed by atoms with Crippen molar-refractivity contribution in [2.24, 2.45) is 0 Å². The minimum Gasteiger partial charge on any atom is -0.379 e. The standard InChI is InChI=1S/C6H13NO.2CH4/c1-2-7-3-5-8-6-4-7;;/h2-6H2,1H3;2*1H4. The first-order chi connectivity index (χ1) is 3.93. The van der Waals surface area contributed by atoms with Gasteiger partial charge in [0, 0.05) is 13.1 Å². The first-order valence-electron chi connectivity index (χ1n) is 3.23. The fourth-order valence-corrected chi connectivity index (χ4v) is 0.917. The minimum absolute atomic E-state index is 0. The highest BCUT2D eigenvalue weighted by atomic mass is 16.5. The van der Waals surface area contributed by atoms with E-state index < -0.39 is 0 Å². The molecule has 0 aromatic heterocycles.